The van der Waals surface area contributed by atoms with Crippen LogP contribution in [-0.2, 0) is 0 Å². The summed E-state index contributed by atoms with van der Waals surface area (Å²) in [4.78, 5) is 14.9. The Bertz CT molecular complexity index is 2810. The Balaban J connectivity index is 1.17. The monoisotopic (exact) mass is 656 g/mol. The van der Waals surface area contributed by atoms with E-state index in [-0.39, 0.29) is 0 Å². The van der Waals surface area contributed by atoms with Gasteiger partial charge < -0.3 is 4.57 Å². The number of rotatable bonds is 5. The number of hydrogen-bond donors (Lipinski definition) is 0. The summed E-state index contributed by atoms with van der Waals surface area (Å²) in [5, 5.41) is 5.05. The molecule has 0 radical (unpaired) electrons. The summed E-state index contributed by atoms with van der Waals surface area (Å²) < 4.78 is 5.00. The molecule has 0 amide bonds. The summed E-state index contributed by atoms with van der Waals surface area (Å²) in [7, 11) is 0. The van der Waals surface area contributed by atoms with Crippen LogP contribution >= 0.6 is 11.3 Å². The van der Waals surface area contributed by atoms with Gasteiger partial charge in [-0.1, -0.05) is 140 Å². The van der Waals surface area contributed by atoms with Crippen LogP contribution in [0.25, 0.3) is 93.0 Å². The first-order valence-electron chi connectivity index (χ1n) is 16.7. The predicted octanol–water partition coefficient (Wildman–Crippen LogP) is 12.0. The quantitative estimate of drug-likeness (QED) is 0.185. The van der Waals surface area contributed by atoms with Gasteiger partial charge in [-0.15, -0.1) is 11.3 Å². The molecule has 50 heavy (non-hydrogen) atoms. The van der Waals surface area contributed by atoms with Gasteiger partial charge in [0.2, 0.25) is 0 Å². The van der Waals surface area contributed by atoms with Crippen LogP contribution in [0.2, 0.25) is 0 Å². The fourth-order valence-electron chi connectivity index (χ4n) is 7.11. The highest BCUT2D eigenvalue weighted by molar-refractivity contribution is 7.26. The maximum absolute atomic E-state index is 5.02. The molecule has 0 aliphatic rings. The second-order valence-corrected chi connectivity index (χ2v) is 13.5. The van der Waals surface area contributed by atoms with E-state index in [1.165, 1.54) is 42.1 Å². The lowest BCUT2D eigenvalue weighted by atomic mass is 10.0. The maximum Gasteiger partial charge on any atom is 0.164 e. The molecular weight excluding hydrogens is 629 g/mol. The fourth-order valence-corrected chi connectivity index (χ4v) is 8.35. The van der Waals surface area contributed by atoms with Crippen molar-refractivity contribution in [3.63, 3.8) is 0 Å². The van der Waals surface area contributed by atoms with Gasteiger partial charge >= 0.3 is 0 Å². The number of benzene rings is 7. The molecule has 5 heteroatoms. The lowest BCUT2D eigenvalue weighted by Gasteiger charge is -2.12. The topological polar surface area (TPSA) is 43.6 Å². The molecule has 4 nitrogen and oxygen atoms in total. The molecule has 0 spiro atoms. The number of thiophene rings is 1. The van der Waals surface area contributed by atoms with Crippen molar-refractivity contribution < 1.29 is 0 Å². The minimum absolute atomic E-state index is 0.637. The molecule has 3 aromatic heterocycles. The van der Waals surface area contributed by atoms with Crippen molar-refractivity contribution in [2.45, 2.75) is 0 Å². The molecule has 0 aliphatic heterocycles. The Morgan fingerprint density at radius 2 is 0.960 bits per heavy atom. The van der Waals surface area contributed by atoms with Gasteiger partial charge in [0, 0.05) is 53.3 Å². The van der Waals surface area contributed by atoms with Gasteiger partial charge in [-0.2, -0.15) is 0 Å². The van der Waals surface area contributed by atoms with Gasteiger partial charge in [0.05, 0.1) is 11.0 Å². The van der Waals surface area contributed by atoms with E-state index in [1.54, 1.807) is 0 Å². The minimum atomic E-state index is 0.637. The molecule has 0 unspecified atom stereocenters. The van der Waals surface area contributed by atoms with Crippen LogP contribution < -0.4 is 0 Å². The van der Waals surface area contributed by atoms with Gasteiger partial charge in [0.15, 0.2) is 17.5 Å². The summed E-state index contributed by atoms with van der Waals surface area (Å²) in [6, 6.07) is 59.7. The number of nitrogens with zero attached hydrogens (tertiary/aromatic N) is 4. The largest absolute Gasteiger partial charge is 0.309 e. The third-order valence-electron chi connectivity index (χ3n) is 9.45. The molecule has 0 fully saturated rings. The van der Waals surface area contributed by atoms with Gasteiger partial charge in [-0.05, 0) is 41.5 Å². The smallest absolute Gasteiger partial charge is 0.164 e. The lowest BCUT2D eigenvalue weighted by Crippen LogP contribution is -2.01. The zero-order valence-electron chi connectivity index (χ0n) is 26.9. The van der Waals surface area contributed by atoms with Crippen molar-refractivity contribution in [3.05, 3.63) is 170 Å². The molecule has 0 saturated carbocycles. The summed E-state index contributed by atoms with van der Waals surface area (Å²) in [6.45, 7) is 0. The van der Waals surface area contributed by atoms with Gasteiger partial charge in [0.1, 0.15) is 0 Å². The molecule has 3 heterocycles. The number of aromatic nitrogens is 4. The van der Waals surface area contributed by atoms with E-state index in [0.29, 0.717) is 17.5 Å². The van der Waals surface area contributed by atoms with E-state index in [9.17, 15) is 0 Å². The van der Waals surface area contributed by atoms with E-state index < -0.39 is 0 Å². The van der Waals surface area contributed by atoms with E-state index >= 15 is 0 Å². The second-order valence-electron chi connectivity index (χ2n) is 12.5. The van der Waals surface area contributed by atoms with Crippen molar-refractivity contribution in [1.82, 2.24) is 19.5 Å². The van der Waals surface area contributed by atoms with Crippen molar-refractivity contribution >= 4 is 53.3 Å². The standard InChI is InChI=1S/C45H28N4S/c1-3-13-29(14-4-1)43-46-44(30-15-5-2-6-16-30)48-45(47-43)32-17-11-18-33(27-32)49-39-23-9-7-19-35(39)36-26-25-31(28-40(36)49)34-21-12-22-38-37-20-8-10-24-41(37)50-42(34)38/h1-28H. The van der Waals surface area contributed by atoms with Crippen molar-refractivity contribution in [2.24, 2.45) is 0 Å². The Morgan fingerprint density at radius 3 is 1.72 bits per heavy atom. The van der Waals surface area contributed by atoms with Crippen molar-refractivity contribution in [1.29, 1.82) is 0 Å². The minimum Gasteiger partial charge on any atom is -0.309 e. The van der Waals surface area contributed by atoms with Crippen LogP contribution in [0, 0.1) is 0 Å². The summed E-state index contributed by atoms with van der Waals surface area (Å²) in [5.74, 6) is 1.94. The van der Waals surface area contributed by atoms with Gasteiger partial charge in [0.25, 0.3) is 0 Å². The molecule has 0 bridgehead atoms. The molecule has 10 rings (SSSR count). The van der Waals surface area contributed by atoms with Gasteiger partial charge in [-0.25, -0.2) is 15.0 Å². The van der Waals surface area contributed by atoms with Crippen LogP contribution in [0.15, 0.2) is 170 Å². The fraction of sp³-hybridized carbons (Fsp3) is 0. The van der Waals surface area contributed by atoms with E-state index in [2.05, 4.69) is 114 Å². The van der Waals surface area contributed by atoms with Crippen LogP contribution in [-0.4, -0.2) is 19.5 Å². The highest BCUT2D eigenvalue weighted by atomic mass is 32.1. The zero-order valence-corrected chi connectivity index (χ0v) is 27.7. The maximum atomic E-state index is 5.02. The Kier molecular flexibility index (Phi) is 6.64. The van der Waals surface area contributed by atoms with Crippen molar-refractivity contribution in [2.75, 3.05) is 0 Å². The first kappa shape index (κ1) is 28.6. The SMILES string of the molecule is c1ccc(-c2nc(-c3ccccc3)nc(-c3cccc(-n4c5ccccc5c5ccc(-c6cccc7c6sc6ccccc67)cc54)c3)n2)cc1. The average molecular weight is 657 g/mol. The molecule has 7 aromatic carbocycles. The average Bonchev–Trinajstić information content (AvgIpc) is 3.74. The van der Waals surface area contributed by atoms with Crippen molar-refractivity contribution in [3.8, 4) is 51.0 Å². The summed E-state index contributed by atoms with van der Waals surface area (Å²) in [5.41, 5.74) is 8.65. The van der Waals surface area contributed by atoms with E-state index in [0.717, 1.165) is 33.4 Å². The van der Waals surface area contributed by atoms with Crippen LogP contribution in [0.5, 0.6) is 0 Å². The van der Waals surface area contributed by atoms with Gasteiger partial charge in [-0.3, -0.25) is 0 Å². The highest BCUT2D eigenvalue weighted by Gasteiger charge is 2.17. The van der Waals surface area contributed by atoms with Crippen LogP contribution in [0.4, 0.5) is 0 Å². The Labute approximate surface area is 292 Å². The first-order chi connectivity index (χ1) is 24.8. The zero-order chi connectivity index (χ0) is 33.0. The first-order valence-corrected chi connectivity index (χ1v) is 17.5. The highest BCUT2D eigenvalue weighted by Crippen LogP contribution is 2.42. The number of hydrogen-bond acceptors (Lipinski definition) is 4. The Morgan fingerprint density at radius 1 is 0.380 bits per heavy atom. The predicted molar refractivity (Wildman–Crippen MR) is 209 cm³/mol. The lowest BCUT2D eigenvalue weighted by molar-refractivity contribution is 1.07. The van der Waals surface area contributed by atoms with Crippen LogP contribution in [0.1, 0.15) is 0 Å². The molecule has 234 valence electrons. The third-order valence-corrected chi connectivity index (χ3v) is 10.7. The molecule has 0 N–H and O–H groups in total. The normalized spacial score (nSPS) is 11.6. The number of fused-ring (bicyclic) bond motifs is 6. The molecule has 0 saturated heterocycles. The molecule has 0 atom stereocenters. The Hall–Kier alpha value is -6.43. The molecular formula is C45H28N4S. The van der Waals surface area contributed by atoms with E-state index in [1.807, 2.05) is 72.0 Å². The molecule has 0 aliphatic carbocycles. The number of para-hydroxylation sites is 1. The van der Waals surface area contributed by atoms with Crippen LogP contribution in [0.3, 0.4) is 0 Å². The third kappa shape index (κ3) is 4.71. The summed E-state index contributed by atoms with van der Waals surface area (Å²) in [6.07, 6.45) is 0. The molecule has 10 aromatic rings. The second kappa shape index (κ2) is 11.6. The van der Waals surface area contributed by atoms with E-state index in [4.69, 9.17) is 15.0 Å². The summed E-state index contributed by atoms with van der Waals surface area (Å²) >= 11 is 1.87.